The van der Waals surface area contributed by atoms with Crippen molar-refractivity contribution in [1.82, 2.24) is 4.90 Å². The Bertz CT molecular complexity index is 1140. The molecule has 12 heteroatoms. The third-order valence-electron chi connectivity index (χ3n) is 3.98. The fourth-order valence-corrected chi connectivity index (χ4v) is 5.41. The van der Waals surface area contributed by atoms with Gasteiger partial charge in [-0.25, -0.2) is 4.79 Å². The lowest BCUT2D eigenvalue weighted by Crippen LogP contribution is -2.36. The molecule has 1 saturated heterocycles. The summed E-state index contributed by atoms with van der Waals surface area (Å²) < 4.78 is 6.36. The van der Waals surface area contributed by atoms with E-state index in [0.29, 0.717) is 30.1 Å². The Balaban J connectivity index is 1.73. The third-order valence-corrected chi connectivity index (χ3v) is 6.61. The average Bonchev–Trinajstić information content (AvgIpc) is 2.96. The van der Waals surface area contributed by atoms with Crippen LogP contribution in [0.25, 0.3) is 6.08 Å². The molecule has 0 bridgehead atoms. The molecule has 1 aliphatic heterocycles. The molecule has 0 aromatic heterocycles. The second-order valence-corrected chi connectivity index (χ2v) is 9.71. The molecule has 1 fully saturated rings. The van der Waals surface area contributed by atoms with Crippen molar-refractivity contribution >= 4 is 96.7 Å². The smallest absolute Gasteiger partial charge is 0.341 e. The van der Waals surface area contributed by atoms with Crippen molar-refractivity contribution in [2.45, 2.75) is 0 Å². The molecule has 3 rings (SSSR count). The van der Waals surface area contributed by atoms with Crippen molar-refractivity contribution in [3.63, 3.8) is 0 Å². The predicted octanol–water partition coefficient (Wildman–Crippen LogP) is 4.85. The Morgan fingerprint density at radius 3 is 2.66 bits per heavy atom. The molecule has 166 valence electrons. The number of amides is 3. The minimum atomic E-state index is -1.11. The van der Waals surface area contributed by atoms with Crippen molar-refractivity contribution < 1.29 is 29.0 Å². The van der Waals surface area contributed by atoms with Gasteiger partial charge >= 0.3 is 5.97 Å². The van der Waals surface area contributed by atoms with Crippen molar-refractivity contribution in [3.8, 4) is 5.75 Å². The molecule has 2 aromatic carbocycles. The summed E-state index contributed by atoms with van der Waals surface area (Å²) in [5.74, 6) is -1.90. The first-order valence-corrected chi connectivity index (χ1v) is 11.9. The average molecular weight is 652 g/mol. The van der Waals surface area contributed by atoms with Crippen molar-refractivity contribution in [2.75, 3.05) is 18.5 Å². The first kappa shape index (κ1) is 24.6. The first-order valence-electron chi connectivity index (χ1n) is 8.79. The monoisotopic (exact) mass is 650 g/mol. The largest absolute Gasteiger partial charge is 0.480 e. The molecule has 0 unspecified atom stereocenters. The number of aliphatic carboxylic acids is 1. The maximum absolute atomic E-state index is 12.7. The van der Waals surface area contributed by atoms with Crippen LogP contribution in [0, 0.1) is 3.57 Å². The van der Waals surface area contributed by atoms with E-state index in [9.17, 15) is 19.2 Å². The van der Waals surface area contributed by atoms with Crippen LogP contribution in [0.2, 0.25) is 5.02 Å². The number of anilines is 1. The van der Waals surface area contributed by atoms with Crippen LogP contribution in [0.15, 0.2) is 45.8 Å². The molecule has 2 aromatic rings. The van der Waals surface area contributed by atoms with Crippen LogP contribution in [0.4, 0.5) is 10.5 Å². The van der Waals surface area contributed by atoms with Gasteiger partial charge in [0.25, 0.3) is 11.1 Å². The lowest BCUT2D eigenvalue weighted by atomic mass is 10.2. The van der Waals surface area contributed by atoms with E-state index >= 15 is 0 Å². The summed E-state index contributed by atoms with van der Waals surface area (Å²) in [5.41, 5.74) is 0.973. The summed E-state index contributed by atoms with van der Waals surface area (Å²) in [4.78, 5) is 49.0. The van der Waals surface area contributed by atoms with Gasteiger partial charge in [-0.1, -0.05) is 23.7 Å². The Morgan fingerprint density at radius 1 is 1.28 bits per heavy atom. The fourth-order valence-electron chi connectivity index (χ4n) is 2.62. The Labute approximate surface area is 213 Å². The number of benzene rings is 2. The number of ether oxygens (including phenoxy) is 1. The molecule has 1 heterocycles. The quantitative estimate of drug-likeness (QED) is 0.325. The van der Waals surface area contributed by atoms with Crippen LogP contribution < -0.4 is 10.1 Å². The van der Waals surface area contributed by atoms with E-state index in [0.717, 1.165) is 16.7 Å². The first-order chi connectivity index (χ1) is 15.2. The summed E-state index contributed by atoms with van der Waals surface area (Å²) in [6, 6.07) is 9.94. The van der Waals surface area contributed by atoms with Crippen LogP contribution in [-0.2, 0) is 14.4 Å². The van der Waals surface area contributed by atoms with Crippen LogP contribution in [0.3, 0.4) is 0 Å². The van der Waals surface area contributed by atoms with Gasteiger partial charge in [0.15, 0.2) is 6.61 Å². The number of nitrogens with one attached hydrogen (secondary N) is 1. The molecule has 2 N–H and O–H groups in total. The number of halogens is 3. The molecule has 0 saturated carbocycles. The van der Waals surface area contributed by atoms with Gasteiger partial charge in [-0.15, -0.1) is 0 Å². The van der Waals surface area contributed by atoms with Gasteiger partial charge < -0.3 is 15.2 Å². The van der Waals surface area contributed by atoms with E-state index in [4.69, 9.17) is 21.4 Å². The van der Waals surface area contributed by atoms with Crippen molar-refractivity contribution in [1.29, 1.82) is 0 Å². The van der Waals surface area contributed by atoms with Gasteiger partial charge in [-0.3, -0.25) is 19.3 Å². The van der Waals surface area contributed by atoms with Gasteiger partial charge in [-0.05, 0) is 86.2 Å². The molecule has 0 radical (unpaired) electrons. The number of rotatable bonds is 7. The van der Waals surface area contributed by atoms with E-state index < -0.39 is 36.2 Å². The maximum Gasteiger partial charge on any atom is 0.341 e. The second kappa shape index (κ2) is 10.7. The zero-order valence-electron chi connectivity index (χ0n) is 15.9. The van der Waals surface area contributed by atoms with Gasteiger partial charge in [0.1, 0.15) is 12.3 Å². The molecule has 8 nitrogen and oxygen atoms in total. The Hall–Kier alpha value is -2.09. The molecule has 0 aliphatic carbocycles. The van der Waals surface area contributed by atoms with Gasteiger partial charge in [0.2, 0.25) is 5.91 Å². The standard InChI is InChI=1S/C20H13BrClIN2O6S/c21-11-5-10(6-13(23)18(11)31-9-17(27)28)7-15-19(29)25(20(30)32-15)8-16(26)24-14-4-2-1-3-12(14)22/h1-7H,8-9H2,(H,24,26)(H,27,28)/b15-7+. The Kier molecular flexibility index (Phi) is 8.20. The predicted molar refractivity (Wildman–Crippen MR) is 133 cm³/mol. The maximum atomic E-state index is 12.7. The second-order valence-electron chi connectivity index (χ2n) is 6.29. The highest BCUT2D eigenvalue weighted by molar-refractivity contribution is 14.1. The number of carbonyl (C=O) groups excluding carboxylic acids is 3. The van der Waals surface area contributed by atoms with E-state index in [-0.39, 0.29) is 4.91 Å². The summed E-state index contributed by atoms with van der Waals surface area (Å²) in [5, 5.41) is 11.1. The van der Waals surface area contributed by atoms with Crippen molar-refractivity contribution in [2.24, 2.45) is 0 Å². The number of carboxylic acid groups (broad SMARTS) is 1. The molecular formula is C20H13BrClIN2O6S. The Morgan fingerprint density at radius 2 is 2.00 bits per heavy atom. The van der Waals surface area contributed by atoms with E-state index in [1.54, 1.807) is 36.4 Å². The van der Waals surface area contributed by atoms with Gasteiger partial charge in [-0.2, -0.15) is 0 Å². The number of imide groups is 1. The lowest BCUT2D eigenvalue weighted by Gasteiger charge is -2.13. The van der Waals surface area contributed by atoms with Gasteiger partial charge in [0, 0.05) is 0 Å². The summed E-state index contributed by atoms with van der Waals surface area (Å²) in [6.07, 6.45) is 1.52. The molecule has 1 aliphatic rings. The summed E-state index contributed by atoms with van der Waals surface area (Å²) in [7, 11) is 0. The highest BCUT2D eigenvalue weighted by Crippen LogP contribution is 2.36. The topological polar surface area (TPSA) is 113 Å². The van der Waals surface area contributed by atoms with Crippen LogP contribution >= 0.6 is 61.9 Å². The zero-order chi connectivity index (χ0) is 23.4. The van der Waals surface area contributed by atoms with E-state index in [1.165, 1.54) is 6.08 Å². The van der Waals surface area contributed by atoms with Crippen LogP contribution in [0.1, 0.15) is 5.56 Å². The van der Waals surface area contributed by atoms with E-state index in [1.807, 2.05) is 22.6 Å². The summed E-state index contributed by atoms with van der Waals surface area (Å²) in [6.45, 7) is -0.945. The van der Waals surface area contributed by atoms with E-state index in [2.05, 4.69) is 21.2 Å². The highest BCUT2D eigenvalue weighted by Gasteiger charge is 2.36. The molecule has 0 spiro atoms. The van der Waals surface area contributed by atoms with Crippen molar-refractivity contribution in [3.05, 3.63) is 59.9 Å². The number of carbonyl (C=O) groups is 4. The number of carboxylic acids is 1. The number of hydrogen-bond acceptors (Lipinski definition) is 6. The molecule has 0 atom stereocenters. The molecule has 32 heavy (non-hydrogen) atoms. The molecule has 3 amide bonds. The number of hydrogen-bond donors (Lipinski definition) is 2. The van der Waals surface area contributed by atoms with Crippen LogP contribution in [0.5, 0.6) is 5.75 Å². The SMILES string of the molecule is O=C(O)COc1c(Br)cc(/C=C2/SC(=O)N(CC(=O)Nc3ccccc3Cl)C2=O)cc1I. The summed E-state index contributed by atoms with van der Waals surface area (Å²) >= 11 is 12.0. The number of nitrogens with zero attached hydrogens (tertiary/aromatic N) is 1. The number of thioether (sulfide) groups is 1. The zero-order valence-corrected chi connectivity index (χ0v) is 21.2. The molecular weight excluding hydrogens is 639 g/mol. The lowest BCUT2D eigenvalue weighted by molar-refractivity contribution is -0.139. The van der Waals surface area contributed by atoms with Crippen LogP contribution in [-0.4, -0.2) is 46.2 Å². The minimum absolute atomic E-state index is 0.155. The minimum Gasteiger partial charge on any atom is -0.480 e. The third kappa shape index (κ3) is 6.03. The van der Waals surface area contributed by atoms with Gasteiger partial charge in [0.05, 0.1) is 23.7 Å². The number of para-hydroxylation sites is 1. The normalized spacial score (nSPS) is 14.7. The highest BCUT2D eigenvalue weighted by atomic mass is 127. The fraction of sp³-hybridized carbons (Fsp3) is 0.100.